The van der Waals surface area contributed by atoms with Gasteiger partial charge in [-0.1, -0.05) is 15.9 Å². The van der Waals surface area contributed by atoms with E-state index in [0.29, 0.717) is 12.1 Å². The van der Waals surface area contributed by atoms with Gasteiger partial charge >= 0.3 is 5.97 Å². The summed E-state index contributed by atoms with van der Waals surface area (Å²) in [5.74, 6) is -0.579. The molecular weight excluding hydrogens is 308 g/mol. The summed E-state index contributed by atoms with van der Waals surface area (Å²) >= 11 is 3.36. The monoisotopic (exact) mass is 322 g/mol. The van der Waals surface area contributed by atoms with E-state index in [1.807, 2.05) is 12.1 Å². The Morgan fingerprint density at radius 2 is 2.37 bits per heavy atom. The third-order valence-electron chi connectivity index (χ3n) is 3.40. The Kier molecular flexibility index (Phi) is 4.43. The molecule has 5 heteroatoms. The molecule has 0 bridgehead atoms. The fraction of sp³-hybridized carbons (Fsp3) is 0.429. The number of halogens is 1. The predicted octanol–water partition coefficient (Wildman–Crippen LogP) is 3.01. The van der Waals surface area contributed by atoms with Gasteiger partial charge in [-0.05, 0) is 37.0 Å². The van der Waals surface area contributed by atoms with E-state index in [1.165, 1.54) is 0 Å². The van der Waals surface area contributed by atoms with Crippen LogP contribution in [0, 0.1) is 17.2 Å². The Morgan fingerprint density at radius 1 is 1.58 bits per heavy atom. The van der Waals surface area contributed by atoms with Gasteiger partial charge in [0.25, 0.3) is 0 Å². The van der Waals surface area contributed by atoms with Crippen molar-refractivity contribution in [3.63, 3.8) is 0 Å². The Hall–Kier alpha value is -1.54. The fourth-order valence-corrected chi connectivity index (χ4v) is 2.93. The smallest absolute Gasteiger partial charge is 0.303 e. The average Bonchev–Trinajstić information content (AvgIpc) is 2.38. The highest BCUT2D eigenvalue weighted by molar-refractivity contribution is 9.10. The molecule has 0 spiro atoms. The van der Waals surface area contributed by atoms with Gasteiger partial charge in [0.2, 0.25) is 0 Å². The highest BCUT2D eigenvalue weighted by Gasteiger charge is 2.23. The van der Waals surface area contributed by atoms with Gasteiger partial charge in [0, 0.05) is 24.0 Å². The maximum atomic E-state index is 10.8. The summed E-state index contributed by atoms with van der Waals surface area (Å²) in [6, 6.07) is 7.84. The van der Waals surface area contributed by atoms with Crippen molar-refractivity contribution in [1.82, 2.24) is 0 Å². The van der Waals surface area contributed by atoms with Crippen molar-refractivity contribution in [2.24, 2.45) is 5.92 Å². The number of carboxylic acids is 1. The minimum Gasteiger partial charge on any atom is -0.481 e. The molecule has 1 atom stereocenters. The van der Waals surface area contributed by atoms with Crippen LogP contribution < -0.4 is 4.90 Å². The summed E-state index contributed by atoms with van der Waals surface area (Å²) < 4.78 is 0.881. The molecule has 100 valence electrons. The van der Waals surface area contributed by atoms with Crippen LogP contribution in [0.4, 0.5) is 5.69 Å². The quantitative estimate of drug-likeness (QED) is 0.929. The number of piperidine rings is 1. The van der Waals surface area contributed by atoms with Gasteiger partial charge in [0.05, 0.1) is 11.3 Å². The van der Waals surface area contributed by atoms with E-state index < -0.39 is 5.97 Å². The molecule has 4 nitrogen and oxygen atoms in total. The normalized spacial score (nSPS) is 18.9. The van der Waals surface area contributed by atoms with Crippen LogP contribution in [0.25, 0.3) is 0 Å². The van der Waals surface area contributed by atoms with Crippen LogP contribution in [0.3, 0.4) is 0 Å². The molecule has 1 aliphatic heterocycles. The van der Waals surface area contributed by atoms with Gasteiger partial charge in [0.1, 0.15) is 6.07 Å². The number of hydrogen-bond donors (Lipinski definition) is 1. The number of nitrogens with zero attached hydrogens (tertiary/aromatic N) is 2. The molecule has 0 saturated carbocycles. The third-order valence-corrected chi connectivity index (χ3v) is 3.90. The molecule has 1 unspecified atom stereocenters. The second kappa shape index (κ2) is 6.07. The first kappa shape index (κ1) is 13.9. The molecule has 0 amide bonds. The minimum atomic E-state index is -0.747. The Morgan fingerprint density at radius 3 is 3.05 bits per heavy atom. The van der Waals surface area contributed by atoms with Crippen LogP contribution in [-0.2, 0) is 4.79 Å². The summed E-state index contributed by atoms with van der Waals surface area (Å²) in [4.78, 5) is 12.9. The number of carboxylic acid groups (broad SMARTS) is 1. The highest BCUT2D eigenvalue weighted by Crippen LogP contribution is 2.29. The van der Waals surface area contributed by atoms with Gasteiger partial charge in [-0.3, -0.25) is 4.79 Å². The Labute approximate surface area is 120 Å². The molecule has 1 fully saturated rings. The lowest BCUT2D eigenvalue weighted by Crippen LogP contribution is -2.36. The lowest BCUT2D eigenvalue weighted by Gasteiger charge is -2.34. The van der Waals surface area contributed by atoms with Crippen molar-refractivity contribution in [2.75, 3.05) is 18.0 Å². The van der Waals surface area contributed by atoms with E-state index in [1.54, 1.807) is 6.07 Å². The van der Waals surface area contributed by atoms with E-state index in [0.717, 1.165) is 29.5 Å². The van der Waals surface area contributed by atoms with E-state index in [2.05, 4.69) is 26.9 Å². The van der Waals surface area contributed by atoms with Gasteiger partial charge in [0.15, 0.2) is 0 Å². The summed E-state index contributed by atoms with van der Waals surface area (Å²) in [7, 11) is 0. The van der Waals surface area contributed by atoms with Crippen LogP contribution in [-0.4, -0.2) is 24.2 Å². The van der Waals surface area contributed by atoms with E-state index >= 15 is 0 Å². The number of benzene rings is 1. The number of rotatable bonds is 3. The molecular formula is C14H15BrN2O2. The Balaban J connectivity index is 2.17. The third kappa shape index (κ3) is 3.48. The first-order valence-electron chi connectivity index (χ1n) is 6.26. The van der Waals surface area contributed by atoms with Crippen molar-refractivity contribution in [3.05, 3.63) is 28.2 Å². The van der Waals surface area contributed by atoms with Gasteiger partial charge in [-0.25, -0.2) is 0 Å². The molecule has 0 aliphatic carbocycles. The number of anilines is 1. The van der Waals surface area contributed by atoms with Crippen molar-refractivity contribution < 1.29 is 9.90 Å². The topological polar surface area (TPSA) is 64.3 Å². The summed E-state index contributed by atoms with van der Waals surface area (Å²) in [6.07, 6.45) is 2.12. The first-order chi connectivity index (χ1) is 9.10. The van der Waals surface area contributed by atoms with E-state index in [4.69, 9.17) is 5.11 Å². The largest absolute Gasteiger partial charge is 0.481 e. The first-order valence-corrected chi connectivity index (χ1v) is 7.06. The summed E-state index contributed by atoms with van der Waals surface area (Å²) in [5, 5.41) is 18.1. The molecule has 1 aliphatic rings. The van der Waals surface area contributed by atoms with Crippen LogP contribution in [0.1, 0.15) is 24.8 Å². The highest BCUT2D eigenvalue weighted by atomic mass is 79.9. The maximum absolute atomic E-state index is 10.8. The van der Waals surface area contributed by atoms with Crippen molar-refractivity contribution in [1.29, 1.82) is 5.26 Å². The number of nitriles is 1. The lowest BCUT2D eigenvalue weighted by molar-refractivity contribution is -0.138. The molecule has 1 N–H and O–H groups in total. The standard InChI is InChI=1S/C14H15BrN2O2/c15-12-3-4-13(11(7-12)8-16)17-5-1-2-10(9-17)6-14(18)19/h3-4,7,10H,1-2,5-6,9H2,(H,18,19). The average molecular weight is 323 g/mol. The van der Waals surface area contributed by atoms with E-state index in [-0.39, 0.29) is 12.3 Å². The minimum absolute atomic E-state index is 0.168. The molecule has 0 radical (unpaired) electrons. The molecule has 1 heterocycles. The number of carbonyl (C=O) groups is 1. The molecule has 1 saturated heterocycles. The maximum Gasteiger partial charge on any atom is 0.303 e. The SMILES string of the molecule is N#Cc1cc(Br)ccc1N1CCCC(CC(=O)O)C1. The summed E-state index contributed by atoms with van der Waals surface area (Å²) in [5.41, 5.74) is 1.53. The van der Waals surface area contributed by atoms with Crippen LogP contribution in [0.15, 0.2) is 22.7 Å². The van der Waals surface area contributed by atoms with Gasteiger partial charge in [-0.2, -0.15) is 5.26 Å². The van der Waals surface area contributed by atoms with Crippen molar-refractivity contribution >= 4 is 27.6 Å². The lowest BCUT2D eigenvalue weighted by atomic mass is 9.94. The van der Waals surface area contributed by atoms with Crippen LogP contribution >= 0.6 is 15.9 Å². The van der Waals surface area contributed by atoms with Crippen LogP contribution in [0.5, 0.6) is 0 Å². The van der Waals surface area contributed by atoms with Gasteiger partial charge < -0.3 is 10.0 Å². The zero-order valence-corrected chi connectivity index (χ0v) is 12.1. The zero-order valence-electron chi connectivity index (χ0n) is 10.5. The summed E-state index contributed by atoms with van der Waals surface area (Å²) in [6.45, 7) is 1.59. The molecule has 0 aromatic heterocycles. The Bertz CT molecular complexity index is 525. The number of aliphatic carboxylic acids is 1. The second-order valence-electron chi connectivity index (χ2n) is 4.83. The fourth-order valence-electron chi connectivity index (χ4n) is 2.57. The second-order valence-corrected chi connectivity index (χ2v) is 5.74. The van der Waals surface area contributed by atoms with E-state index in [9.17, 15) is 10.1 Å². The molecule has 1 aromatic rings. The molecule has 19 heavy (non-hydrogen) atoms. The van der Waals surface area contributed by atoms with Crippen molar-refractivity contribution in [3.8, 4) is 6.07 Å². The van der Waals surface area contributed by atoms with Crippen molar-refractivity contribution in [2.45, 2.75) is 19.3 Å². The predicted molar refractivity (Wildman–Crippen MR) is 76.0 cm³/mol. The van der Waals surface area contributed by atoms with Crippen LogP contribution in [0.2, 0.25) is 0 Å². The number of hydrogen-bond acceptors (Lipinski definition) is 3. The zero-order chi connectivity index (χ0) is 13.8. The van der Waals surface area contributed by atoms with Gasteiger partial charge in [-0.15, -0.1) is 0 Å². The molecule has 2 rings (SSSR count). The molecule has 1 aromatic carbocycles.